The Kier molecular flexibility index (Phi) is 7.26. The maximum Gasteiger partial charge on any atom is 0.264 e. The molecule has 0 atom stereocenters. The van der Waals surface area contributed by atoms with Crippen LogP contribution in [0.5, 0.6) is 0 Å². The van der Waals surface area contributed by atoms with Gasteiger partial charge < -0.3 is 5.32 Å². The van der Waals surface area contributed by atoms with Gasteiger partial charge in [0.05, 0.1) is 10.6 Å². The molecule has 3 rings (SSSR count). The van der Waals surface area contributed by atoms with Gasteiger partial charge in [-0.15, -0.1) is 0 Å². The van der Waals surface area contributed by atoms with Gasteiger partial charge in [0.1, 0.15) is 6.54 Å². The molecule has 0 saturated carbocycles. The number of halogens is 1. The average Bonchev–Trinajstić information content (AvgIpc) is 2.74. The van der Waals surface area contributed by atoms with Crippen molar-refractivity contribution in [1.82, 2.24) is 0 Å². The van der Waals surface area contributed by atoms with E-state index < -0.39 is 15.9 Å². The van der Waals surface area contributed by atoms with Crippen LogP contribution in [-0.4, -0.2) is 20.9 Å². The van der Waals surface area contributed by atoms with E-state index in [1.807, 2.05) is 39.0 Å². The van der Waals surface area contributed by atoms with Gasteiger partial charge in [0, 0.05) is 10.7 Å². The fourth-order valence-corrected chi connectivity index (χ4v) is 5.26. The summed E-state index contributed by atoms with van der Waals surface area (Å²) in [6.45, 7) is 7.22. The zero-order chi connectivity index (χ0) is 23.5. The van der Waals surface area contributed by atoms with Gasteiger partial charge >= 0.3 is 0 Å². The maximum absolute atomic E-state index is 13.6. The van der Waals surface area contributed by atoms with Gasteiger partial charge in [0.2, 0.25) is 5.91 Å². The minimum absolute atomic E-state index is 0.121. The van der Waals surface area contributed by atoms with E-state index in [0.29, 0.717) is 16.3 Å². The topological polar surface area (TPSA) is 66.5 Å². The van der Waals surface area contributed by atoms with Gasteiger partial charge in [-0.3, -0.25) is 9.10 Å². The predicted molar refractivity (Wildman–Crippen MR) is 131 cm³/mol. The Labute approximate surface area is 195 Å². The number of carbonyl (C=O) groups excluding carboxylic acids is 1. The van der Waals surface area contributed by atoms with E-state index in [1.165, 1.54) is 0 Å². The fourth-order valence-electron chi connectivity index (χ4n) is 3.55. The van der Waals surface area contributed by atoms with Crippen LogP contribution in [-0.2, 0) is 21.2 Å². The number of anilines is 2. The standard InChI is InChI=1S/C25H27ClN2O3S/c1-5-20-8-6-7-18(3)25(20)27-24(29)16-28(23-14-11-21(26)15-19(23)4)32(30,31)22-12-9-17(2)10-13-22/h6-15H,5,16H2,1-4H3,(H,27,29). The maximum atomic E-state index is 13.6. The summed E-state index contributed by atoms with van der Waals surface area (Å²) in [6.07, 6.45) is 0.749. The molecule has 3 aromatic carbocycles. The Bertz CT molecular complexity index is 1240. The lowest BCUT2D eigenvalue weighted by atomic mass is 10.1. The summed E-state index contributed by atoms with van der Waals surface area (Å²) in [5, 5.41) is 3.42. The molecule has 0 heterocycles. The van der Waals surface area contributed by atoms with Crippen molar-refractivity contribution in [3.05, 3.63) is 87.9 Å². The van der Waals surface area contributed by atoms with E-state index in [0.717, 1.165) is 33.1 Å². The lowest BCUT2D eigenvalue weighted by Crippen LogP contribution is -2.38. The summed E-state index contributed by atoms with van der Waals surface area (Å²) >= 11 is 6.09. The molecule has 0 fully saturated rings. The molecule has 32 heavy (non-hydrogen) atoms. The first kappa shape index (κ1) is 23.8. The van der Waals surface area contributed by atoms with Crippen molar-refractivity contribution >= 4 is 38.9 Å². The SMILES string of the molecule is CCc1cccc(C)c1NC(=O)CN(c1ccc(Cl)cc1C)S(=O)(=O)c1ccc(C)cc1. The molecule has 168 valence electrons. The van der Waals surface area contributed by atoms with Gasteiger partial charge in [0.25, 0.3) is 10.0 Å². The van der Waals surface area contributed by atoms with E-state index in [1.54, 1.807) is 49.4 Å². The molecule has 0 saturated heterocycles. The molecule has 0 spiro atoms. The molecule has 0 aromatic heterocycles. The first-order chi connectivity index (χ1) is 15.1. The van der Waals surface area contributed by atoms with Crippen molar-refractivity contribution in [2.24, 2.45) is 0 Å². The Morgan fingerprint density at radius 2 is 1.66 bits per heavy atom. The number of para-hydroxylation sites is 1. The van der Waals surface area contributed by atoms with Gasteiger partial charge in [-0.25, -0.2) is 8.42 Å². The van der Waals surface area contributed by atoms with Crippen molar-refractivity contribution in [1.29, 1.82) is 0 Å². The second kappa shape index (κ2) is 9.76. The third-order valence-corrected chi connectivity index (χ3v) is 7.34. The average molecular weight is 471 g/mol. The van der Waals surface area contributed by atoms with Crippen LogP contribution in [0.3, 0.4) is 0 Å². The van der Waals surface area contributed by atoms with Gasteiger partial charge in [-0.2, -0.15) is 0 Å². The number of nitrogens with one attached hydrogen (secondary N) is 1. The third kappa shape index (κ3) is 5.14. The molecule has 3 aromatic rings. The highest BCUT2D eigenvalue weighted by Crippen LogP contribution is 2.29. The molecule has 1 amide bonds. The third-order valence-electron chi connectivity index (χ3n) is 5.33. The molecule has 5 nitrogen and oxygen atoms in total. The highest BCUT2D eigenvalue weighted by molar-refractivity contribution is 7.92. The van der Waals surface area contributed by atoms with Crippen LogP contribution in [0.2, 0.25) is 5.02 Å². The number of hydrogen-bond donors (Lipinski definition) is 1. The van der Waals surface area contributed by atoms with Crippen LogP contribution >= 0.6 is 11.6 Å². The first-order valence-electron chi connectivity index (χ1n) is 10.4. The van der Waals surface area contributed by atoms with Crippen molar-refractivity contribution in [3.8, 4) is 0 Å². The minimum Gasteiger partial charge on any atom is -0.324 e. The molecular formula is C25H27ClN2O3S. The Balaban J connectivity index is 2.02. The first-order valence-corrected chi connectivity index (χ1v) is 12.2. The van der Waals surface area contributed by atoms with Crippen LogP contribution in [0, 0.1) is 20.8 Å². The second-order valence-corrected chi connectivity index (χ2v) is 10.1. The molecule has 0 aliphatic heterocycles. The smallest absolute Gasteiger partial charge is 0.264 e. The Morgan fingerprint density at radius 3 is 2.28 bits per heavy atom. The zero-order valence-corrected chi connectivity index (χ0v) is 20.2. The Hall–Kier alpha value is -2.83. The van der Waals surface area contributed by atoms with Crippen LogP contribution in [0.25, 0.3) is 0 Å². The molecule has 0 aliphatic carbocycles. The monoisotopic (exact) mass is 470 g/mol. The quantitative estimate of drug-likeness (QED) is 0.484. The number of hydrogen-bond acceptors (Lipinski definition) is 3. The van der Waals surface area contributed by atoms with Crippen molar-refractivity contribution < 1.29 is 13.2 Å². The molecule has 0 unspecified atom stereocenters. The largest absolute Gasteiger partial charge is 0.324 e. The molecule has 7 heteroatoms. The highest BCUT2D eigenvalue weighted by Gasteiger charge is 2.28. The van der Waals surface area contributed by atoms with Crippen molar-refractivity contribution in [2.75, 3.05) is 16.2 Å². The van der Waals surface area contributed by atoms with E-state index in [9.17, 15) is 13.2 Å². The molecule has 1 N–H and O–H groups in total. The van der Waals surface area contributed by atoms with E-state index in [2.05, 4.69) is 5.32 Å². The normalized spacial score (nSPS) is 11.3. The number of aryl methyl sites for hydroxylation is 4. The van der Waals surface area contributed by atoms with E-state index in [-0.39, 0.29) is 11.4 Å². The number of amides is 1. The number of carbonyl (C=O) groups is 1. The summed E-state index contributed by atoms with van der Waals surface area (Å²) in [5.74, 6) is -0.418. The summed E-state index contributed by atoms with van der Waals surface area (Å²) in [6, 6.07) is 17.3. The zero-order valence-electron chi connectivity index (χ0n) is 18.6. The van der Waals surface area contributed by atoms with Crippen LogP contribution < -0.4 is 9.62 Å². The fraction of sp³-hybridized carbons (Fsp3) is 0.240. The predicted octanol–water partition coefficient (Wildman–Crippen LogP) is 5.66. The number of benzene rings is 3. The van der Waals surface area contributed by atoms with Crippen molar-refractivity contribution in [3.63, 3.8) is 0 Å². The summed E-state index contributed by atoms with van der Waals surface area (Å²) in [4.78, 5) is 13.2. The van der Waals surface area contributed by atoms with E-state index >= 15 is 0 Å². The number of sulfonamides is 1. The summed E-state index contributed by atoms with van der Waals surface area (Å²) < 4.78 is 28.3. The summed E-state index contributed by atoms with van der Waals surface area (Å²) in [7, 11) is -3.99. The van der Waals surface area contributed by atoms with Crippen LogP contribution in [0.1, 0.15) is 29.2 Å². The molecule has 0 aliphatic rings. The lowest BCUT2D eigenvalue weighted by molar-refractivity contribution is -0.114. The Morgan fingerprint density at radius 1 is 0.969 bits per heavy atom. The summed E-state index contributed by atoms with van der Waals surface area (Å²) in [5.41, 5.74) is 4.65. The minimum atomic E-state index is -3.99. The van der Waals surface area contributed by atoms with Crippen LogP contribution in [0.4, 0.5) is 11.4 Å². The number of nitrogens with zero attached hydrogens (tertiary/aromatic N) is 1. The highest BCUT2D eigenvalue weighted by atomic mass is 35.5. The second-order valence-electron chi connectivity index (χ2n) is 7.77. The van der Waals surface area contributed by atoms with E-state index in [4.69, 9.17) is 11.6 Å². The van der Waals surface area contributed by atoms with Crippen molar-refractivity contribution in [2.45, 2.75) is 39.0 Å². The van der Waals surface area contributed by atoms with Gasteiger partial charge in [0.15, 0.2) is 0 Å². The lowest BCUT2D eigenvalue weighted by Gasteiger charge is -2.26. The van der Waals surface area contributed by atoms with Crippen LogP contribution in [0.15, 0.2) is 65.6 Å². The van der Waals surface area contributed by atoms with Gasteiger partial charge in [-0.05, 0) is 74.2 Å². The molecule has 0 bridgehead atoms. The van der Waals surface area contributed by atoms with Gasteiger partial charge in [-0.1, -0.05) is 54.4 Å². The number of rotatable bonds is 7. The molecular weight excluding hydrogens is 444 g/mol. The molecule has 0 radical (unpaired) electrons.